The van der Waals surface area contributed by atoms with Crippen molar-refractivity contribution in [1.82, 2.24) is 0 Å². The van der Waals surface area contributed by atoms with Crippen LogP contribution in [0.3, 0.4) is 0 Å². The Balaban J connectivity index is 4.65. The first kappa shape index (κ1) is 57.0. The average Bonchev–Trinajstić information content (AvgIpc) is 3.27. The van der Waals surface area contributed by atoms with Gasteiger partial charge in [-0.2, -0.15) is 0 Å². The van der Waals surface area contributed by atoms with Crippen LogP contribution >= 0.6 is 0 Å². The largest absolute Gasteiger partial charge is 0.462 e. The minimum absolute atomic E-state index is 0.140. The second-order valence-corrected chi connectivity index (χ2v) is 14.7. The summed E-state index contributed by atoms with van der Waals surface area (Å²) in [4.78, 5) is 37.8. The Morgan fingerprint density at radius 1 is 0.339 bits per heavy atom. The second-order valence-electron chi connectivity index (χ2n) is 14.7. The molecular weight excluding hydrogens is 769 g/mol. The highest BCUT2D eigenvalue weighted by Crippen LogP contribution is 2.11. The van der Waals surface area contributed by atoms with E-state index in [9.17, 15) is 14.4 Å². The molecule has 0 rings (SSSR count). The number of esters is 3. The van der Waals surface area contributed by atoms with Gasteiger partial charge in [0.05, 0.1) is 0 Å². The fraction of sp³-hybridized carbons (Fsp3) is 0.482. The van der Waals surface area contributed by atoms with Crippen molar-refractivity contribution >= 4 is 17.9 Å². The highest BCUT2D eigenvalue weighted by Gasteiger charge is 2.19. The molecule has 0 amide bonds. The van der Waals surface area contributed by atoms with E-state index < -0.39 is 6.10 Å². The van der Waals surface area contributed by atoms with Gasteiger partial charge in [-0.25, -0.2) is 0 Å². The second kappa shape index (κ2) is 48.7. The third-order valence-electron chi connectivity index (χ3n) is 8.96. The monoisotopic (exact) mass is 851 g/mol. The summed E-state index contributed by atoms with van der Waals surface area (Å²) in [6, 6.07) is 0. The fourth-order valence-electron chi connectivity index (χ4n) is 5.51. The first-order valence-corrected chi connectivity index (χ1v) is 23.6. The summed E-state index contributed by atoms with van der Waals surface area (Å²) in [7, 11) is 0. The summed E-state index contributed by atoms with van der Waals surface area (Å²) in [6.45, 7) is 6.08. The number of hydrogen-bond donors (Lipinski definition) is 0. The van der Waals surface area contributed by atoms with E-state index in [0.29, 0.717) is 12.8 Å². The number of ether oxygens (including phenoxy) is 3. The number of carbonyl (C=O) groups excluding carboxylic acids is 3. The molecule has 0 bridgehead atoms. The molecule has 0 N–H and O–H groups in total. The maximum absolute atomic E-state index is 12.8. The SMILES string of the molecule is CC\C=C/C=C\C=C/C=C\CCCCCCCC(=O)OC(COC(=O)CC/C=C\C/C=C\C/C=C\C/C=C\C/C=C\CC)COC(=O)CCCCC\C=C/C=C\C=C/C=C\CC. The van der Waals surface area contributed by atoms with Crippen molar-refractivity contribution in [2.75, 3.05) is 13.2 Å². The van der Waals surface area contributed by atoms with Gasteiger partial charge in [0.15, 0.2) is 6.10 Å². The molecule has 6 heteroatoms. The molecule has 342 valence electrons. The Labute approximate surface area is 378 Å². The molecule has 0 aliphatic carbocycles. The molecule has 6 nitrogen and oxygen atoms in total. The molecule has 0 aromatic carbocycles. The van der Waals surface area contributed by atoms with Gasteiger partial charge in [-0.3, -0.25) is 14.4 Å². The number of hydrogen-bond acceptors (Lipinski definition) is 6. The molecule has 62 heavy (non-hydrogen) atoms. The van der Waals surface area contributed by atoms with Crippen molar-refractivity contribution in [2.45, 2.75) is 162 Å². The zero-order chi connectivity index (χ0) is 45.1. The van der Waals surface area contributed by atoms with Gasteiger partial charge < -0.3 is 14.2 Å². The average molecular weight is 851 g/mol. The van der Waals surface area contributed by atoms with Crippen LogP contribution in [0.25, 0.3) is 0 Å². The Morgan fingerprint density at radius 2 is 0.694 bits per heavy atom. The molecule has 0 aliphatic heterocycles. The van der Waals surface area contributed by atoms with E-state index in [1.807, 2.05) is 79.0 Å². The molecule has 0 saturated heterocycles. The normalized spacial score (nSPS) is 13.5. The van der Waals surface area contributed by atoms with Gasteiger partial charge in [0.25, 0.3) is 0 Å². The van der Waals surface area contributed by atoms with Crippen molar-refractivity contribution in [1.29, 1.82) is 0 Å². The van der Waals surface area contributed by atoms with Gasteiger partial charge in [0.2, 0.25) is 0 Å². The summed E-state index contributed by atoms with van der Waals surface area (Å²) in [5, 5.41) is 0. The number of carbonyl (C=O) groups is 3. The Morgan fingerprint density at radius 3 is 1.18 bits per heavy atom. The molecule has 1 unspecified atom stereocenters. The standard InChI is InChI=1S/C56H82O6/c1-4-7-10-13-16-19-22-25-27-29-31-34-37-40-43-46-49-55(58)61-52-53(51-60-54(57)48-45-42-39-36-33-30-24-21-18-15-12-9-6-3)62-56(59)50-47-44-41-38-35-32-28-26-23-20-17-14-11-8-5-2/h7-12,14-21,23-28,30-31,33-34,40,43,53H,4-6,13,22,29,32,35-39,41-42,44-52H2,1-3H3/b10-7-,11-8-,12-9-,17-14-,18-15-,19-16-,23-20-,24-21-,27-25-,28-26-,33-30-,34-31-,43-40-. The van der Waals surface area contributed by atoms with Gasteiger partial charge in [0.1, 0.15) is 13.2 Å². The summed E-state index contributed by atoms with van der Waals surface area (Å²) in [6.07, 6.45) is 70.9. The summed E-state index contributed by atoms with van der Waals surface area (Å²) >= 11 is 0. The molecule has 0 heterocycles. The predicted octanol–water partition coefficient (Wildman–Crippen LogP) is 15.5. The van der Waals surface area contributed by atoms with E-state index in [-0.39, 0.29) is 50.4 Å². The van der Waals surface area contributed by atoms with Crippen LogP contribution in [0, 0.1) is 0 Å². The maximum Gasteiger partial charge on any atom is 0.306 e. The number of rotatable bonds is 39. The lowest BCUT2D eigenvalue weighted by Gasteiger charge is -2.18. The lowest BCUT2D eigenvalue weighted by molar-refractivity contribution is -0.166. The molecule has 1 atom stereocenters. The summed E-state index contributed by atoms with van der Waals surface area (Å²) < 4.78 is 16.6. The summed E-state index contributed by atoms with van der Waals surface area (Å²) in [5.74, 6) is -1.10. The van der Waals surface area contributed by atoms with E-state index in [1.165, 1.54) is 0 Å². The molecule has 0 aromatic rings. The van der Waals surface area contributed by atoms with Crippen molar-refractivity contribution in [3.8, 4) is 0 Å². The minimum atomic E-state index is -0.844. The third-order valence-corrected chi connectivity index (χ3v) is 8.96. The van der Waals surface area contributed by atoms with Crippen LogP contribution in [0.1, 0.15) is 156 Å². The molecular formula is C56H82O6. The van der Waals surface area contributed by atoms with Gasteiger partial charge in [-0.15, -0.1) is 0 Å². The van der Waals surface area contributed by atoms with Crippen molar-refractivity contribution in [2.24, 2.45) is 0 Å². The highest BCUT2D eigenvalue weighted by molar-refractivity contribution is 5.71. The summed E-state index contributed by atoms with van der Waals surface area (Å²) in [5.41, 5.74) is 0. The maximum atomic E-state index is 12.8. The van der Waals surface area contributed by atoms with Gasteiger partial charge >= 0.3 is 17.9 Å². The van der Waals surface area contributed by atoms with Crippen molar-refractivity contribution in [3.05, 3.63) is 158 Å². The molecule has 0 aromatic heterocycles. The zero-order valence-corrected chi connectivity index (χ0v) is 38.8. The fourth-order valence-corrected chi connectivity index (χ4v) is 5.51. The van der Waals surface area contributed by atoms with Crippen LogP contribution in [-0.4, -0.2) is 37.2 Å². The van der Waals surface area contributed by atoms with Crippen LogP contribution in [0.5, 0.6) is 0 Å². The van der Waals surface area contributed by atoms with Crippen LogP contribution in [-0.2, 0) is 28.6 Å². The van der Waals surface area contributed by atoms with E-state index in [0.717, 1.165) is 103 Å². The predicted molar refractivity (Wildman–Crippen MR) is 265 cm³/mol. The van der Waals surface area contributed by atoms with Crippen molar-refractivity contribution in [3.63, 3.8) is 0 Å². The van der Waals surface area contributed by atoms with Crippen LogP contribution < -0.4 is 0 Å². The van der Waals surface area contributed by atoms with Crippen LogP contribution in [0.4, 0.5) is 0 Å². The topological polar surface area (TPSA) is 78.9 Å². The van der Waals surface area contributed by atoms with Gasteiger partial charge in [0, 0.05) is 19.3 Å². The zero-order valence-electron chi connectivity index (χ0n) is 38.8. The smallest absolute Gasteiger partial charge is 0.306 e. The first-order valence-electron chi connectivity index (χ1n) is 23.6. The first-order chi connectivity index (χ1) is 30.5. The Hall–Kier alpha value is -4.97. The molecule has 0 radical (unpaired) electrons. The Bertz CT molecular complexity index is 1490. The quantitative estimate of drug-likeness (QED) is 0.0202. The van der Waals surface area contributed by atoms with Crippen molar-refractivity contribution < 1.29 is 28.6 Å². The van der Waals surface area contributed by atoms with Gasteiger partial charge in [-0.1, -0.05) is 204 Å². The van der Waals surface area contributed by atoms with Crippen LogP contribution in [0.2, 0.25) is 0 Å². The lowest BCUT2D eigenvalue weighted by atomic mass is 10.1. The molecule has 0 aliphatic rings. The van der Waals surface area contributed by atoms with Gasteiger partial charge in [-0.05, 0) is 89.9 Å². The van der Waals surface area contributed by atoms with E-state index in [1.54, 1.807) is 0 Å². The molecule has 0 saturated carbocycles. The number of unbranched alkanes of at least 4 members (excludes halogenated alkanes) is 8. The Kier molecular flexibility index (Phi) is 44.8. The third kappa shape index (κ3) is 46.1. The highest BCUT2D eigenvalue weighted by atomic mass is 16.6. The van der Waals surface area contributed by atoms with Crippen LogP contribution in [0.15, 0.2) is 158 Å². The van der Waals surface area contributed by atoms with E-state index in [2.05, 4.69) is 99.8 Å². The minimum Gasteiger partial charge on any atom is -0.462 e. The van der Waals surface area contributed by atoms with E-state index in [4.69, 9.17) is 14.2 Å². The lowest BCUT2D eigenvalue weighted by Crippen LogP contribution is -2.30. The molecule has 0 spiro atoms. The number of allylic oxidation sites excluding steroid dienone is 26. The van der Waals surface area contributed by atoms with E-state index >= 15 is 0 Å². The molecule has 0 fully saturated rings.